The van der Waals surface area contributed by atoms with E-state index in [9.17, 15) is 4.79 Å². The molecule has 1 aliphatic rings. The first kappa shape index (κ1) is 15.0. The molecule has 0 bridgehead atoms. The van der Waals surface area contributed by atoms with E-state index in [0.29, 0.717) is 11.1 Å². The molecule has 2 heterocycles. The molecular formula is C18H15N3O2S. The maximum absolute atomic E-state index is 12.4. The van der Waals surface area contributed by atoms with Crippen molar-refractivity contribution in [1.29, 1.82) is 0 Å². The number of hydrogen-bond donors (Lipinski definition) is 1. The second-order valence-corrected chi connectivity index (χ2v) is 6.68. The Labute approximate surface area is 143 Å². The van der Waals surface area contributed by atoms with Gasteiger partial charge in [-0.05, 0) is 36.6 Å². The number of hydrogen-bond acceptors (Lipinski definition) is 5. The van der Waals surface area contributed by atoms with E-state index < -0.39 is 0 Å². The molecular weight excluding hydrogens is 322 g/mol. The van der Waals surface area contributed by atoms with Crippen LogP contribution >= 0.6 is 11.8 Å². The second-order valence-electron chi connectivity index (χ2n) is 5.53. The van der Waals surface area contributed by atoms with Gasteiger partial charge >= 0.3 is 0 Å². The molecule has 1 aromatic heterocycles. The number of carbonyl (C=O) groups excluding carboxylic acids is 1. The highest BCUT2D eigenvalue weighted by Gasteiger charge is 2.26. The van der Waals surface area contributed by atoms with Gasteiger partial charge in [0.05, 0.1) is 5.25 Å². The number of aromatic nitrogens is 2. The molecule has 3 aromatic rings. The summed E-state index contributed by atoms with van der Waals surface area (Å²) in [4.78, 5) is 12.4. The molecule has 1 amide bonds. The number of thioether (sulfide) groups is 1. The Hall–Kier alpha value is -2.60. The Balaban J connectivity index is 1.50. The van der Waals surface area contributed by atoms with Gasteiger partial charge in [-0.25, -0.2) is 0 Å². The number of amides is 1. The minimum atomic E-state index is -0.249. The van der Waals surface area contributed by atoms with E-state index >= 15 is 0 Å². The molecule has 120 valence electrons. The largest absolute Gasteiger partial charge is 0.411 e. The number of nitrogens with zero attached hydrogens (tertiary/aromatic N) is 2. The van der Waals surface area contributed by atoms with Gasteiger partial charge in [-0.3, -0.25) is 4.79 Å². The van der Waals surface area contributed by atoms with Crippen LogP contribution in [-0.2, 0) is 11.2 Å². The van der Waals surface area contributed by atoms with Gasteiger partial charge in [0.25, 0.3) is 5.22 Å². The number of aryl methyl sites for hydroxylation is 1. The molecule has 6 heteroatoms. The van der Waals surface area contributed by atoms with Crippen LogP contribution in [0.4, 0.5) is 5.69 Å². The summed E-state index contributed by atoms with van der Waals surface area (Å²) in [6, 6.07) is 17.5. The van der Waals surface area contributed by atoms with Crippen LogP contribution in [0.25, 0.3) is 11.5 Å². The van der Waals surface area contributed by atoms with Gasteiger partial charge in [0.2, 0.25) is 11.8 Å². The van der Waals surface area contributed by atoms with Gasteiger partial charge in [-0.1, -0.05) is 48.2 Å². The normalized spacial score (nSPS) is 17.0. The third-order valence-corrected chi connectivity index (χ3v) is 5.01. The first-order valence-corrected chi connectivity index (χ1v) is 8.62. The van der Waals surface area contributed by atoms with Crippen molar-refractivity contribution in [3.63, 3.8) is 0 Å². The summed E-state index contributed by atoms with van der Waals surface area (Å²) in [6.07, 6.45) is 1.57. The number of fused-ring (bicyclic) bond motifs is 1. The minimum absolute atomic E-state index is 0.0237. The Morgan fingerprint density at radius 3 is 2.71 bits per heavy atom. The molecule has 2 aromatic carbocycles. The van der Waals surface area contributed by atoms with E-state index in [1.165, 1.54) is 11.8 Å². The molecule has 5 nitrogen and oxygen atoms in total. The zero-order valence-corrected chi connectivity index (χ0v) is 13.6. The predicted octanol–water partition coefficient (Wildman–Crippen LogP) is 3.78. The maximum Gasteiger partial charge on any atom is 0.277 e. The summed E-state index contributed by atoms with van der Waals surface area (Å²) < 4.78 is 5.70. The van der Waals surface area contributed by atoms with E-state index in [1.807, 2.05) is 54.6 Å². The van der Waals surface area contributed by atoms with Crippen molar-refractivity contribution in [2.24, 2.45) is 0 Å². The van der Waals surface area contributed by atoms with Crippen LogP contribution < -0.4 is 5.32 Å². The van der Waals surface area contributed by atoms with E-state index in [2.05, 4.69) is 15.5 Å². The van der Waals surface area contributed by atoms with Crippen LogP contribution in [0.3, 0.4) is 0 Å². The van der Waals surface area contributed by atoms with Crippen LogP contribution in [-0.4, -0.2) is 21.4 Å². The molecule has 24 heavy (non-hydrogen) atoms. The molecule has 0 saturated carbocycles. The third-order valence-electron chi connectivity index (χ3n) is 3.91. The van der Waals surface area contributed by atoms with Crippen LogP contribution in [0.1, 0.15) is 12.0 Å². The minimum Gasteiger partial charge on any atom is -0.411 e. The lowest BCUT2D eigenvalue weighted by Gasteiger charge is -2.09. The van der Waals surface area contributed by atoms with E-state index in [-0.39, 0.29) is 11.2 Å². The average molecular weight is 337 g/mol. The highest BCUT2D eigenvalue weighted by atomic mass is 32.2. The lowest BCUT2D eigenvalue weighted by molar-refractivity contribution is -0.115. The first-order valence-electron chi connectivity index (χ1n) is 7.74. The van der Waals surface area contributed by atoms with Crippen molar-refractivity contribution >= 4 is 23.4 Å². The van der Waals surface area contributed by atoms with Crippen LogP contribution in [0.2, 0.25) is 0 Å². The topological polar surface area (TPSA) is 68.0 Å². The zero-order chi connectivity index (χ0) is 16.4. The molecule has 1 N–H and O–H groups in total. The number of nitrogens with one attached hydrogen (secondary N) is 1. The molecule has 0 saturated heterocycles. The van der Waals surface area contributed by atoms with Crippen LogP contribution in [0, 0.1) is 0 Å². The fourth-order valence-corrected chi connectivity index (χ4v) is 3.54. The average Bonchev–Trinajstić information content (AvgIpc) is 3.02. The van der Waals surface area contributed by atoms with Gasteiger partial charge in [-0.2, -0.15) is 0 Å². The lowest BCUT2D eigenvalue weighted by Crippen LogP contribution is -2.23. The van der Waals surface area contributed by atoms with E-state index in [1.54, 1.807) is 0 Å². The summed E-state index contributed by atoms with van der Waals surface area (Å²) in [6.45, 7) is 0. The molecule has 1 aliphatic heterocycles. The Bertz CT molecular complexity index is 863. The monoisotopic (exact) mass is 337 g/mol. The van der Waals surface area contributed by atoms with Crippen molar-refractivity contribution in [1.82, 2.24) is 10.2 Å². The first-order chi connectivity index (χ1) is 11.8. The van der Waals surface area contributed by atoms with Crippen molar-refractivity contribution < 1.29 is 9.21 Å². The molecule has 0 aliphatic carbocycles. The predicted molar refractivity (Wildman–Crippen MR) is 92.8 cm³/mol. The molecule has 0 radical (unpaired) electrons. The summed E-state index contributed by atoms with van der Waals surface area (Å²) in [5.74, 6) is 0.444. The number of carbonyl (C=O) groups is 1. The molecule has 0 spiro atoms. The number of benzene rings is 2. The quantitative estimate of drug-likeness (QED) is 0.788. The van der Waals surface area contributed by atoms with Crippen LogP contribution in [0.5, 0.6) is 0 Å². The number of para-hydroxylation sites is 1. The smallest absolute Gasteiger partial charge is 0.277 e. The maximum atomic E-state index is 12.4. The third kappa shape index (κ3) is 3.05. The molecule has 1 atom stereocenters. The fourth-order valence-electron chi connectivity index (χ4n) is 2.68. The van der Waals surface area contributed by atoms with E-state index in [0.717, 1.165) is 29.7 Å². The summed E-state index contributed by atoms with van der Waals surface area (Å²) in [5.41, 5.74) is 2.92. The summed E-state index contributed by atoms with van der Waals surface area (Å²) in [5, 5.41) is 11.3. The Morgan fingerprint density at radius 2 is 1.83 bits per heavy atom. The van der Waals surface area contributed by atoms with Gasteiger partial charge in [0.15, 0.2) is 0 Å². The van der Waals surface area contributed by atoms with Crippen molar-refractivity contribution in [2.75, 3.05) is 5.32 Å². The van der Waals surface area contributed by atoms with E-state index in [4.69, 9.17) is 4.42 Å². The number of rotatable bonds is 3. The Morgan fingerprint density at radius 1 is 1.04 bits per heavy atom. The van der Waals surface area contributed by atoms with Gasteiger partial charge in [0.1, 0.15) is 0 Å². The SMILES string of the molecule is O=C1Nc2ccccc2CCC1Sc1nnc(-c2ccccc2)o1. The Kier molecular flexibility index (Phi) is 4.04. The van der Waals surface area contributed by atoms with Gasteiger partial charge < -0.3 is 9.73 Å². The highest BCUT2D eigenvalue weighted by molar-refractivity contribution is 8.00. The molecule has 1 unspecified atom stereocenters. The fraction of sp³-hybridized carbons (Fsp3) is 0.167. The summed E-state index contributed by atoms with van der Waals surface area (Å²) in [7, 11) is 0. The zero-order valence-electron chi connectivity index (χ0n) is 12.8. The highest BCUT2D eigenvalue weighted by Crippen LogP contribution is 2.32. The molecule has 0 fully saturated rings. The van der Waals surface area contributed by atoms with Crippen LogP contribution in [0.15, 0.2) is 64.2 Å². The molecule has 4 rings (SSSR count). The van der Waals surface area contributed by atoms with Crippen molar-refractivity contribution in [3.05, 3.63) is 60.2 Å². The number of anilines is 1. The van der Waals surface area contributed by atoms with Crippen molar-refractivity contribution in [3.8, 4) is 11.5 Å². The summed E-state index contributed by atoms with van der Waals surface area (Å²) >= 11 is 1.32. The van der Waals surface area contributed by atoms with Gasteiger partial charge in [-0.15, -0.1) is 10.2 Å². The second kappa shape index (κ2) is 6.49. The van der Waals surface area contributed by atoms with Gasteiger partial charge in [0, 0.05) is 11.3 Å². The standard InChI is InChI=1S/C18H15N3O2S/c22-16-15(11-10-12-6-4-5-9-14(12)19-16)24-18-21-20-17(23-18)13-7-2-1-3-8-13/h1-9,15H,10-11H2,(H,19,22). The van der Waals surface area contributed by atoms with Crippen molar-refractivity contribution in [2.45, 2.75) is 23.3 Å². The lowest BCUT2D eigenvalue weighted by atomic mass is 10.1.